The van der Waals surface area contributed by atoms with Crippen LogP contribution in [0, 0.1) is 0 Å². The number of aliphatic hydroxyl groups excluding tert-OH is 1. The predicted octanol–water partition coefficient (Wildman–Crippen LogP) is 2.24. The molecule has 5 nitrogen and oxygen atoms in total. The fourth-order valence-electron chi connectivity index (χ4n) is 2.45. The van der Waals surface area contributed by atoms with Crippen molar-refractivity contribution in [1.29, 1.82) is 0 Å². The summed E-state index contributed by atoms with van der Waals surface area (Å²) in [5.74, 6) is 1.75. The summed E-state index contributed by atoms with van der Waals surface area (Å²) in [6.07, 6.45) is 0.560. The number of nitrogens with one attached hydrogen (secondary N) is 1. The maximum absolute atomic E-state index is 9.67. The number of aliphatic imine (C=N–C) groups is 1. The molecule has 6 heteroatoms. The zero-order valence-corrected chi connectivity index (χ0v) is 15.6. The Balaban J connectivity index is 0.00000242. The maximum atomic E-state index is 9.67. The molecule has 1 atom stereocenters. The number of hydrogen-bond acceptors (Lipinski definition) is 3. The van der Waals surface area contributed by atoms with Crippen LogP contribution in [-0.4, -0.2) is 48.3 Å². The largest absolute Gasteiger partial charge is 0.494 e. The lowest BCUT2D eigenvalue weighted by Gasteiger charge is -2.21. The van der Waals surface area contributed by atoms with Crippen molar-refractivity contribution in [3.8, 4) is 5.75 Å². The summed E-state index contributed by atoms with van der Waals surface area (Å²) in [5.41, 5.74) is 1.08. The van der Waals surface area contributed by atoms with Crippen LogP contribution in [0.4, 0.5) is 0 Å². The van der Waals surface area contributed by atoms with E-state index in [4.69, 9.17) is 4.74 Å². The van der Waals surface area contributed by atoms with E-state index in [-0.39, 0.29) is 30.1 Å². The number of benzene rings is 1. The molecule has 22 heavy (non-hydrogen) atoms. The highest BCUT2D eigenvalue weighted by Gasteiger charge is 2.22. The van der Waals surface area contributed by atoms with Crippen LogP contribution >= 0.6 is 24.0 Å². The molecule has 0 aliphatic carbocycles. The highest BCUT2D eigenvalue weighted by atomic mass is 127. The summed E-state index contributed by atoms with van der Waals surface area (Å²) < 4.78 is 5.63. The predicted molar refractivity (Wildman–Crippen MR) is 100 cm³/mol. The summed E-state index contributed by atoms with van der Waals surface area (Å²) in [6, 6.07) is 7.98. The van der Waals surface area contributed by atoms with Gasteiger partial charge in [0.1, 0.15) is 5.75 Å². The lowest BCUT2D eigenvalue weighted by molar-refractivity contribution is 0.188. The number of hydrogen-bond donors (Lipinski definition) is 2. The first-order chi connectivity index (χ1) is 10.2. The average molecular weight is 419 g/mol. The third-order valence-corrected chi connectivity index (χ3v) is 3.47. The van der Waals surface area contributed by atoms with E-state index < -0.39 is 0 Å². The normalized spacial score (nSPS) is 18.0. The third kappa shape index (κ3) is 5.31. The fourth-order valence-corrected chi connectivity index (χ4v) is 2.45. The zero-order valence-electron chi connectivity index (χ0n) is 13.3. The Labute approximate surface area is 149 Å². The summed E-state index contributed by atoms with van der Waals surface area (Å²) >= 11 is 0. The minimum Gasteiger partial charge on any atom is -0.494 e. The van der Waals surface area contributed by atoms with Crippen LogP contribution in [-0.2, 0) is 6.54 Å². The number of nitrogens with zero attached hydrogens (tertiary/aromatic N) is 2. The van der Waals surface area contributed by atoms with Crippen molar-refractivity contribution in [2.45, 2.75) is 32.9 Å². The van der Waals surface area contributed by atoms with Gasteiger partial charge in [-0.25, -0.2) is 4.99 Å². The number of rotatable bonds is 5. The van der Waals surface area contributed by atoms with E-state index in [0.29, 0.717) is 19.7 Å². The van der Waals surface area contributed by atoms with Gasteiger partial charge in [0.2, 0.25) is 0 Å². The molecule has 1 aliphatic heterocycles. The highest BCUT2D eigenvalue weighted by molar-refractivity contribution is 14.0. The third-order valence-electron chi connectivity index (χ3n) is 3.47. The van der Waals surface area contributed by atoms with Gasteiger partial charge in [0.25, 0.3) is 0 Å². The first-order valence-electron chi connectivity index (χ1n) is 7.66. The van der Waals surface area contributed by atoms with Crippen molar-refractivity contribution in [2.24, 2.45) is 4.99 Å². The monoisotopic (exact) mass is 419 g/mol. The van der Waals surface area contributed by atoms with Crippen molar-refractivity contribution >= 4 is 29.9 Å². The number of likely N-dealkylation sites (tertiary alicyclic amines) is 1. The quantitative estimate of drug-likeness (QED) is 0.437. The lowest BCUT2D eigenvalue weighted by Crippen LogP contribution is -2.40. The summed E-state index contributed by atoms with van der Waals surface area (Å²) in [5, 5.41) is 13.0. The molecule has 0 unspecified atom stereocenters. The number of aliphatic hydroxyl groups is 1. The molecule has 2 N–H and O–H groups in total. The van der Waals surface area contributed by atoms with Gasteiger partial charge in [0, 0.05) is 25.2 Å². The van der Waals surface area contributed by atoms with E-state index in [2.05, 4.69) is 22.1 Å². The zero-order chi connectivity index (χ0) is 15.1. The van der Waals surface area contributed by atoms with Crippen LogP contribution in [0.15, 0.2) is 29.3 Å². The first kappa shape index (κ1) is 19.0. The second-order valence-corrected chi connectivity index (χ2v) is 5.10. The molecule has 1 aromatic rings. The molecule has 1 aliphatic rings. The topological polar surface area (TPSA) is 57.1 Å². The van der Waals surface area contributed by atoms with Crippen LogP contribution in [0.5, 0.6) is 5.75 Å². The Kier molecular flexibility index (Phi) is 8.55. The molecule has 0 spiro atoms. The molecule has 1 aromatic carbocycles. The van der Waals surface area contributed by atoms with E-state index in [9.17, 15) is 5.11 Å². The molecular formula is C16H26IN3O2. The van der Waals surface area contributed by atoms with E-state index in [0.717, 1.165) is 36.8 Å². The smallest absolute Gasteiger partial charge is 0.194 e. The number of guanidine groups is 1. The number of β-amino-alcohol motifs (C(OH)–C–C–N with tert-alkyl or cyclic N) is 1. The number of halogens is 1. The van der Waals surface area contributed by atoms with Crippen LogP contribution in [0.2, 0.25) is 0 Å². The van der Waals surface area contributed by atoms with Crippen LogP contribution in [0.3, 0.4) is 0 Å². The second kappa shape index (κ2) is 9.89. The van der Waals surface area contributed by atoms with Gasteiger partial charge < -0.3 is 20.1 Å². The van der Waals surface area contributed by atoms with E-state index in [1.807, 2.05) is 31.2 Å². The molecule has 0 saturated carbocycles. The van der Waals surface area contributed by atoms with Gasteiger partial charge in [-0.2, -0.15) is 0 Å². The van der Waals surface area contributed by atoms with Gasteiger partial charge in [-0.15, -0.1) is 24.0 Å². The van der Waals surface area contributed by atoms with Crippen LogP contribution in [0.25, 0.3) is 0 Å². The molecule has 0 radical (unpaired) electrons. The van der Waals surface area contributed by atoms with Gasteiger partial charge in [-0.1, -0.05) is 18.2 Å². The first-order valence-corrected chi connectivity index (χ1v) is 7.66. The Morgan fingerprint density at radius 1 is 1.41 bits per heavy atom. The van der Waals surface area contributed by atoms with Crippen molar-refractivity contribution in [3.05, 3.63) is 29.8 Å². The standard InChI is InChI=1S/C16H25N3O2.HI/c1-3-17-16(19-10-9-14(20)12-19)18-11-13-7-5-6-8-15(13)21-4-2;/h5-8,14,20H,3-4,9-12H2,1-2H3,(H,17,18);1H/t14-;/m1./s1. The van der Waals surface area contributed by atoms with E-state index >= 15 is 0 Å². The molecule has 1 saturated heterocycles. The van der Waals surface area contributed by atoms with Gasteiger partial charge in [-0.3, -0.25) is 0 Å². The summed E-state index contributed by atoms with van der Waals surface area (Å²) in [6.45, 7) is 7.58. The molecule has 0 aromatic heterocycles. The average Bonchev–Trinajstić information content (AvgIpc) is 2.91. The van der Waals surface area contributed by atoms with Crippen molar-refractivity contribution < 1.29 is 9.84 Å². The molecular weight excluding hydrogens is 393 g/mol. The van der Waals surface area contributed by atoms with Gasteiger partial charge >= 0.3 is 0 Å². The fraction of sp³-hybridized carbons (Fsp3) is 0.562. The summed E-state index contributed by atoms with van der Waals surface area (Å²) in [4.78, 5) is 6.79. The van der Waals surface area contributed by atoms with Crippen molar-refractivity contribution in [2.75, 3.05) is 26.2 Å². The molecule has 0 bridgehead atoms. The highest BCUT2D eigenvalue weighted by Crippen LogP contribution is 2.19. The molecule has 0 amide bonds. The second-order valence-electron chi connectivity index (χ2n) is 5.10. The van der Waals surface area contributed by atoms with Crippen molar-refractivity contribution in [3.63, 3.8) is 0 Å². The van der Waals surface area contributed by atoms with Crippen LogP contribution in [0.1, 0.15) is 25.8 Å². The summed E-state index contributed by atoms with van der Waals surface area (Å²) in [7, 11) is 0. The Bertz CT molecular complexity index is 482. The molecule has 1 fully saturated rings. The lowest BCUT2D eigenvalue weighted by atomic mass is 10.2. The van der Waals surface area contributed by atoms with Gasteiger partial charge in [0.05, 0.1) is 19.3 Å². The van der Waals surface area contributed by atoms with Crippen molar-refractivity contribution in [1.82, 2.24) is 10.2 Å². The number of para-hydroxylation sites is 1. The molecule has 1 heterocycles. The maximum Gasteiger partial charge on any atom is 0.194 e. The van der Waals surface area contributed by atoms with E-state index in [1.54, 1.807) is 0 Å². The SMILES string of the molecule is CCNC(=NCc1ccccc1OCC)N1CC[C@@H](O)C1.I. The Morgan fingerprint density at radius 3 is 2.82 bits per heavy atom. The number of ether oxygens (including phenoxy) is 1. The Morgan fingerprint density at radius 2 is 2.18 bits per heavy atom. The van der Waals surface area contributed by atoms with Gasteiger partial charge in [0.15, 0.2) is 5.96 Å². The van der Waals surface area contributed by atoms with Crippen LogP contribution < -0.4 is 10.1 Å². The minimum atomic E-state index is -0.246. The Hall–Kier alpha value is -1.02. The minimum absolute atomic E-state index is 0. The molecule has 2 rings (SSSR count). The van der Waals surface area contributed by atoms with Gasteiger partial charge in [-0.05, 0) is 26.3 Å². The molecule has 124 valence electrons. The van der Waals surface area contributed by atoms with E-state index in [1.165, 1.54) is 0 Å².